The first-order valence-corrected chi connectivity index (χ1v) is 7.76. The maximum atomic E-state index is 5.69. The Morgan fingerprint density at radius 2 is 1.85 bits per heavy atom. The predicted molar refractivity (Wildman–Crippen MR) is 86.5 cm³/mol. The van der Waals surface area contributed by atoms with Crippen LogP contribution in [0.3, 0.4) is 0 Å². The van der Waals surface area contributed by atoms with Crippen molar-refractivity contribution >= 4 is 0 Å². The topological polar surface area (TPSA) is 9.23 Å². The fraction of sp³-hybridized carbons (Fsp3) is 0.579. The van der Waals surface area contributed by atoms with Gasteiger partial charge in [-0.3, -0.25) is 0 Å². The van der Waals surface area contributed by atoms with Gasteiger partial charge in [0.15, 0.2) is 0 Å². The number of rotatable bonds is 3. The molecule has 0 fully saturated rings. The van der Waals surface area contributed by atoms with Crippen LogP contribution in [0, 0.1) is 25.7 Å². The molecule has 0 heterocycles. The third kappa shape index (κ3) is 2.92. The van der Waals surface area contributed by atoms with Gasteiger partial charge < -0.3 is 4.74 Å². The number of benzene rings is 1. The normalized spacial score (nSPS) is 22.9. The third-order valence-corrected chi connectivity index (χ3v) is 4.70. The molecule has 0 saturated heterocycles. The van der Waals surface area contributed by atoms with Crippen molar-refractivity contribution in [1.29, 1.82) is 0 Å². The molecule has 1 aliphatic rings. The van der Waals surface area contributed by atoms with Gasteiger partial charge in [-0.2, -0.15) is 0 Å². The van der Waals surface area contributed by atoms with E-state index in [-0.39, 0.29) is 0 Å². The van der Waals surface area contributed by atoms with Crippen LogP contribution in [0.2, 0.25) is 0 Å². The van der Waals surface area contributed by atoms with Crippen LogP contribution in [0.1, 0.15) is 56.2 Å². The molecule has 1 nitrogen and oxygen atoms in total. The first-order valence-electron chi connectivity index (χ1n) is 7.76. The number of methoxy groups -OCH3 is 1. The molecule has 1 aromatic rings. The van der Waals surface area contributed by atoms with Gasteiger partial charge in [-0.1, -0.05) is 31.6 Å². The number of hydrogen-bond donors (Lipinski definition) is 0. The summed E-state index contributed by atoms with van der Waals surface area (Å²) < 4.78 is 5.69. The molecule has 0 saturated carbocycles. The minimum Gasteiger partial charge on any atom is -0.496 e. The van der Waals surface area contributed by atoms with Crippen molar-refractivity contribution in [3.05, 3.63) is 40.5 Å². The second kappa shape index (κ2) is 6.03. The van der Waals surface area contributed by atoms with E-state index >= 15 is 0 Å². The molecule has 1 aromatic carbocycles. The zero-order valence-corrected chi connectivity index (χ0v) is 13.8. The quantitative estimate of drug-likeness (QED) is 0.669. The Labute approximate surface area is 124 Å². The Morgan fingerprint density at radius 1 is 1.15 bits per heavy atom. The van der Waals surface area contributed by atoms with E-state index in [1.54, 1.807) is 7.11 Å². The van der Waals surface area contributed by atoms with Crippen LogP contribution in [0.5, 0.6) is 5.75 Å². The summed E-state index contributed by atoms with van der Waals surface area (Å²) in [6, 6.07) is 4.46. The Kier molecular flexibility index (Phi) is 4.57. The molecule has 0 radical (unpaired) electrons. The Morgan fingerprint density at radius 3 is 2.45 bits per heavy atom. The zero-order chi connectivity index (χ0) is 14.9. The van der Waals surface area contributed by atoms with Crippen LogP contribution in [0.4, 0.5) is 0 Å². The lowest BCUT2D eigenvalue weighted by molar-refractivity contribution is 0.307. The Balaban J connectivity index is 2.54. The molecule has 0 spiro atoms. The summed E-state index contributed by atoms with van der Waals surface area (Å²) in [6.45, 7) is 11.3. The average Bonchev–Trinajstić information content (AvgIpc) is 2.37. The van der Waals surface area contributed by atoms with Crippen molar-refractivity contribution in [3.63, 3.8) is 0 Å². The van der Waals surface area contributed by atoms with Gasteiger partial charge in [0.25, 0.3) is 0 Å². The Bertz CT molecular complexity index is 511. The standard InChI is InChI=1S/C19H28O/c1-12(2)16-8-7-13(3)10-17(16)19-15(5)9-14(4)11-18(19)20-6/h9-12,16-17H,7-8H2,1-6H3/t16-,17+/m1/s1. The highest BCUT2D eigenvalue weighted by Gasteiger charge is 2.30. The largest absolute Gasteiger partial charge is 0.496 e. The summed E-state index contributed by atoms with van der Waals surface area (Å²) in [5.41, 5.74) is 5.56. The molecule has 0 N–H and O–H groups in total. The van der Waals surface area contributed by atoms with Gasteiger partial charge in [-0.25, -0.2) is 0 Å². The van der Waals surface area contributed by atoms with Gasteiger partial charge in [0.1, 0.15) is 5.75 Å². The van der Waals surface area contributed by atoms with Crippen LogP contribution in [0.25, 0.3) is 0 Å². The van der Waals surface area contributed by atoms with E-state index in [0.717, 1.165) is 5.75 Å². The molecule has 2 rings (SSSR count). The summed E-state index contributed by atoms with van der Waals surface area (Å²) in [5, 5.41) is 0. The molecule has 0 unspecified atom stereocenters. The summed E-state index contributed by atoms with van der Waals surface area (Å²) >= 11 is 0. The highest BCUT2D eigenvalue weighted by Crippen LogP contribution is 2.44. The van der Waals surface area contributed by atoms with Crippen LogP contribution in [-0.2, 0) is 0 Å². The third-order valence-electron chi connectivity index (χ3n) is 4.70. The molecular formula is C19H28O. The summed E-state index contributed by atoms with van der Waals surface area (Å²) in [6.07, 6.45) is 5.02. The number of aryl methyl sites for hydroxylation is 2. The van der Waals surface area contributed by atoms with Gasteiger partial charge in [-0.05, 0) is 62.6 Å². The number of allylic oxidation sites excluding steroid dienone is 2. The Hall–Kier alpha value is -1.24. The van der Waals surface area contributed by atoms with Crippen LogP contribution in [-0.4, -0.2) is 7.11 Å². The van der Waals surface area contributed by atoms with E-state index in [9.17, 15) is 0 Å². The molecule has 110 valence electrons. The van der Waals surface area contributed by atoms with E-state index in [0.29, 0.717) is 17.8 Å². The number of ether oxygens (including phenoxy) is 1. The van der Waals surface area contributed by atoms with Crippen molar-refractivity contribution < 1.29 is 4.74 Å². The lowest BCUT2D eigenvalue weighted by Crippen LogP contribution is -2.22. The average molecular weight is 272 g/mol. The molecule has 0 aromatic heterocycles. The predicted octanol–water partition coefficient (Wildman–Crippen LogP) is 5.41. The molecule has 0 amide bonds. The molecular weight excluding hydrogens is 244 g/mol. The minimum absolute atomic E-state index is 0.499. The van der Waals surface area contributed by atoms with Gasteiger partial charge in [0.05, 0.1) is 7.11 Å². The second-order valence-corrected chi connectivity index (χ2v) is 6.68. The summed E-state index contributed by atoms with van der Waals surface area (Å²) in [4.78, 5) is 0. The van der Waals surface area contributed by atoms with E-state index in [1.165, 1.54) is 35.1 Å². The molecule has 1 aliphatic carbocycles. The van der Waals surface area contributed by atoms with E-state index in [2.05, 4.69) is 52.8 Å². The van der Waals surface area contributed by atoms with Crippen molar-refractivity contribution in [2.45, 2.75) is 53.4 Å². The first kappa shape index (κ1) is 15.2. The van der Waals surface area contributed by atoms with Crippen LogP contribution >= 0.6 is 0 Å². The van der Waals surface area contributed by atoms with Crippen molar-refractivity contribution in [2.75, 3.05) is 7.11 Å². The van der Waals surface area contributed by atoms with Crippen LogP contribution in [0.15, 0.2) is 23.8 Å². The molecule has 0 bridgehead atoms. The maximum absolute atomic E-state index is 5.69. The lowest BCUT2D eigenvalue weighted by atomic mass is 9.71. The first-order chi connectivity index (χ1) is 9.43. The molecule has 2 atom stereocenters. The summed E-state index contributed by atoms with van der Waals surface area (Å²) in [5.74, 6) is 2.98. The smallest absolute Gasteiger partial charge is 0.123 e. The van der Waals surface area contributed by atoms with Gasteiger partial charge in [0, 0.05) is 11.5 Å². The van der Waals surface area contributed by atoms with Crippen molar-refractivity contribution in [3.8, 4) is 5.75 Å². The van der Waals surface area contributed by atoms with Gasteiger partial charge >= 0.3 is 0 Å². The van der Waals surface area contributed by atoms with Gasteiger partial charge in [0.2, 0.25) is 0 Å². The summed E-state index contributed by atoms with van der Waals surface area (Å²) in [7, 11) is 1.79. The SMILES string of the molecule is COc1cc(C)cc(C)c1[C@H]1C=C(C)CC[C@@H]1C(C)C. The maximum Gasteiger partial charge on any atom is 0.123 e. The van der Waals surface area contributed by atoms with Crippen LogP contribution < -0.4 is 4.74 Å². The van der Waals surface area contributed by atoms with E-state index < -0.39 is 0 Å². The highest BCUT2D eigenvalue weighted by molar-refractivity contribution is 5.48. The molecule has 1 heteroatoms. The second-order valence-electron chi connectivity index (χ2n) is 6.68. The minimum atomic E-state index is 0.499. The van der Waals surface area contributed by atoms with Crippen molar-refractivity contribution in [1.82, 2.24) is 0 Å². The molecule has 20 heavy (non-hydrogen) atoms. The zero-order valence-electron chi connectivity index (χ0n) is 13.8. The molecule has 0 aliphatic heterocycles. The van der Waals surface area contributed by atoms with Crippen molar-refractivity contribution in [2.24, 2.45) is 11.8 Å². The fourth-order valence-electron chi connectivity index (χ4n) is 3.67. The highest BCUT2D eigenvalue weighted by atomic mass is 16.5. The van der Waals surface area contributed by atoms with E-state index in [1.807, 2.05) is 0 Å². The monoisotopic (exact) mass is 272 g/mol. The van der Waals surface area contributed by atoms with Gasteiger partial charge in [-0.15, -0.1) is 0 Å². The van der Waals surface area contributed by atoms with E-state index in [4.69, 9.17) is 4.74 Å². The number of hydrogen-bond acceptors (Lipinski definition) is 1. The lowest BCUT2D eigenvalue weighted by Gasteiger charge is -2.34. The fourth-order valence-corrected chi connectivity index (χ4v) is 3.67.